The topological polar surface area (TPSA) is 52.6 Å². The maximum atomic E-state index is 12.0. The van der Waals surface area contributed by atoms with E-state index in [0.29, 0.717) is 5.56 Å². The molecule has 2 aliphatic heterocycles. The van der Waals surface area contributed by atoms with Gasteiger partial charge in [0.2, 0.25) is 0 Å². The Morgan fingerprint density at radius 2 is 2.33 bits per heavy atom. The van der Waals surface area contributed by atoms with Gasteiger partial charge in [-0.2, -0.15) is 0 Å². The lowest BCUT2D eigenvalue weighted by molar-refractivity contribution is 0.0690. The minimum Gasteiger partial charge on any atom is -0.508 e. The lowest BCUT2D eigenvalue weighted by Crippen LogP contribution is -2.44. The Morgan fingerprint density at radius 1 is 1.47 bits per heavy atom. The molecule has 1 aromatic carbocycles. The molecule has 1 atom stereocenters. The molecule has 4 nitrogen and oxygen atoms in total. The summed E-state index contributed by atoms with van der Waals surface area (Å²) in [6.45, 7) is 2.41. The molecule has 1 aromatic rings. The third-order valence-corrected chi connectivity index (χ3v) is 3.13. The number of hydrogen-bond acceptors (Lipinski definition) is 3. The Hall–Kier alpha value is -1.55. The lowest BCUT2D eigenvalue weighted by atomic mass is 10.0. The van der Waals surface area contributed by atoms with Crippen LogP contribution in [-0.4, -0.2) is 35.5 Å². The van der Waals surface area contributed by atoms with Crippen molar-refractivity contribution in [1.29, 1.82) is 0 Å². The molecular formula is C11H12N2O2. The highest BCUT2D eigenvalue weighted by atomic mass is 16.3. The highest BCUT2D eigenvalue weighted by Crippen LogP contribution is 2.35. The van der Waals surface area contributed by atoms with Crippen molar-refractivity contribution < 1.29 is 9.90 Å². The molecule has 0 saturated carbocycles. The van der Waals surface area contributed by atoms with Crippen LogP contribution in [-0.2, 0) is 0 Å². The van der Waals surface area contributed by atoms with Gasteiger partial charge in [0, 0.05) is 25.2 Å². The quantitative estimate of drug-likeness (QED) is 0.646. The summed E-state index contributed by atoms with van der Waals surface area (Å²) in [5, 5.41) is 12.6. The number of piperazine rings is 1. The van der Waals surface area contributed by atoms with Crippen molar-refractivity contribution in [3.63, 3.8) is 0 Å². The zero-order valence-electron chi connectivity index (χ0n) is 8.23. The van der Waals surface area contributed by atoms with E-state index < -0.39 is 0 Å². The van der Waals surface area contributed by atoms with E-state index in [1.165, 1.54) is 0 Å². The first-order chi connectivity index (χ1) is 7.27. The number of phenolic OH excluding ortho intramolecular Hbond substituents is 1. The van der Waals surface area contributed by atoms with Crippen LogP contribution >= 0.6 is 0 Å². The number of fused-ring (bicyclic) bond motifs is 3. The second kappa shape index (κ2) is 2.97. The summed E-state index contributed by atoms with van der Waals surface area (Å²) in [6, 6.07) is 5.21. The summed E-state index contributed by atoms with van der Waals surface area (Å²) < 4.78 is 0. The first kappa shape index (κ1) is 8.73. The summed E-state index contributed by atoms with van der Waals surface area (Å²) >= 11 is 0. The predicted molar refractivity (Wildman–Crippen MR) is 54.8 cm³/mol. The second-order valence-corrected chi connectivity index (χ2v) is 3.99. The van der Waals surface area contributed by atoms with Gasteiger partial charge in [0.15, 0.2) is 0 Å². The van der Waals surface area contributed by atoms with Crippen molar-refractivity contribution in [2.75, 3.05) is 19.6 Å². The molecule has 0 spiro atoms. The van der Waals surface area contributed by atoms with E-state index >= 15 is 0 Å². The van der Waals surface area contributed by atoms with Gasteiger partial charge in [-0.1, -0.05) is 6.07 Å². The van der Waals surface area contributed by atoms with Crippen LogP contribution in [0.1, 0.15) is 22.0 Å². The number of aromatic hydroxyl groups is 1. The highest BCUT2D eigenvalue weighted by molar-refractivity contribution is 5.99. The van der Waals surface area contributed by atoms with Crippen molar-refractivity contribution in [2.45, 2.75) is 6.04 Å². The van der Waals surface area contributed by atoms with Crippen LogP contribution in [0.5, 0.6) is 5.75 Å². The van der Waals surface area contributed by atoms with Crippen LogP contribution in [0, 0.1) is 0 Å². The zero-order valence-corrected chi connectivity index (χ0v) is 8.23. The van der Waals surface area contributed by atoms with Gasteiger partial charge in [0.25, 0.3) is 5.91 Å². The largest absolute Gasteiger partial charge is 0.508 e. The third kappa shape index (κ3) is 1.15. The number of rotatable bonds is 0. The van der Waals surface area contributed by atoms with Crippen molar-refractivity contribution in [2.24, 2.45) is 0 Å². The van der Waals surface area contributed by atoms with Crippen molar-refractivity contribution in [3.05, 3.63) is 29.3 Å². The fourth-order valence-electron chi connectivity index (χ4n) is 2.40. The average Bonchev–Trinajstić information content (AvgIpc) is 2.54. The molecule has 78 valence electrons. The third-order valence-electron chi connectivity index (χ3n) is 3.13. The van der Waals surface area contributed by atoms with Crippen LogP contribution in [0.3, 0.4) is 0 Å². The van der Waals surface area contributed by atoms with Crippen LogP contribution in [0.15, 0.2) is 18.2 Å². The van der Waals surface area contributed by atoms with Gasteiger partial charge in [-0.25, -0.2) is 0 Å². The van der Waals surface area contributed by atoms with Crippen molar-refractivity contribution >= 4 is 5.91 Å². The Bertz CT molecular complexity index is 431. The molecule has 1 saturated heterocycles. The van der Waals surface area contributed by atoms with E-state index in [0.717, 1.165) is 25.2 Å². The van der Waals surface area contributed by atoms with Crippen LogP contribution in [0.4, 0.5) is 0 Å². The number of carbonyl (C=O) groups is 1. The molecular weight excluding hydrogens is 192 g/mol. The standard InChI is InChI=1S/C11H12N2O2/c14-7-1-2-8-9(5-7)11(15)13-4-3-12-6-10(8)13/h1-2,5,10,12,14H,3-4,6H2. The average molecular weight is 204 g/mol. The summed E-state index contributed by atoms with van der Waals surface area (Å²) in [5.41, 5.74) is 1.69. The van der Waals surface area contributed by atoms with Gasteiger partial charge in [0.1, 0.15) is 5.75 Å². The SMILES string of the molecule is O=C1c2cc(O)ccc2C2CNCCN12. The molecule has 2 heterocycles. The van der Waals surface area contributed by atoms with Crippen LogP contribution in [0.25, 0.3) is 0 Å². The van der Waals surface area contributed by atoms with Gasteiger partial charge in [-0.3, -0.25) is 4.79 Å². The summed E-state index contributed by atoms with van der Waals surface area (Å²) in [5.74, 6) is 0.210. The number of benzene rings is 1. The van der Waals surface area contributed by atoms with Crippen molar-refractivity contribution in [1.82, 2.24) is 10.2 Å². The summed E-state index contributed by atoms with van der Waals surface area (Å²) in [7, 11) is 0. The molecule has 2 N–H and O–H groups in total. The minimum atomic E-state index is 0.0485. The molecule has 0 bridgehead atoms. The summed E-state index contributed by atoms with van der Waals surface area (Å²) in [6.07, 6.45) is 0. The van der Waals surface area contributed by atoms with E-state index in [9.17, 15) is 9.90 Å². The van der Waals surface area contributed by atoms with Gasteiger partial charge in [-0.15, -0.1) is 0 Å². The second-order valence-electron chi connectivity index (χ2n) is 3.99. The van der Waals surface area contributed by atoms with E-state index in [2.05, 4.69) is 5.32 Å². The Labute approximate surface area is 87.5 Å². The molecule has 3 rings (SSSR count). The van der Waals surface area contributed by atoms with Crippen molar-refractivity contribution in [3.8, 4) is 5.75 Å². The van der Waals surface area contributed by atoms with Crippen LogP contribution in [0.2, 0.25) is 0 Å². The zero-order chi connectivity index (χ0) is 10.4. The number of amides is 1. The lowest BCUT2D eigenvalue weighted by Gasteiger charge is -2.30. The van der Waals surface area contributed by atoms with E-state index in [1.54, 1.807) is 12.1 Å². The number of hydrogen-bond donors (Lipinski definition) is 2. The van der Waals surface area contributed by atoms with Gasteiger partial charge >= 0.3 is 0 Å². The minimum absolute atomic E-state index is 0.0485. The summed E-state index contributed by atoms with van der Waals surface area (Å²) in [4.78, 5) is 13.8. The first-order valence-corrected chi connectivity index (χ1v) is 5.12. The normalized spacial score (nSPS) is 23.9. The van der Waals surface area contributed by atoms with E-state index in [1.807, 2.05) is 11.0 Å². The maximum absolute atomic E-state index is 12.0. The Kier molecular flexibility index (Phi) is 1.73. The molecule has 0 aliphatic carbocycles. The molecule has 1 amide bonds. The molecule has 0 radical (unpaired) electrons. The predicted octanol–water partition coefficient (Wildman–Crippen LogP) is 0.492. The highest BCUT2D eigenvalue weighted by Gasteiger charge is 2.37. The Balaban J connectivity index is 2.11. The Morgan fingerprint density at radius 3 is 3.20 bits per heavy atom. The molecule has 15 heavy (non-hydrogen) atoms. The van der Waals surface area contributed by atoms with Crippen LogP contribution < -0.4 is 5.32 Å². The van der Waals surface area contributed by atoms with Gasteiger partial charge in [-0.05, 0) is 17.7 Å². The maximum Gasteiger partial charge on any atom is 0.254 e. The smallest absolute Gasteiger partial charge is 0.254 e. The van der Waals surface area contributed by atoms with Gasteiger partial charge in [0.05, 0.1) is 6.04 Å². The number of phenols is 1. The van der Waals surface area contributed by atoms with E-state index in [4.69, 9.17) is 0 Å². The number of carbonyl (C=O) groups excluding carboxylic acids is 1. The molecule has 1 unspecified atom stereocenters. The molecule has 0 aromatic heterocycles. The number of nitrogens with one attached hydrogen (secondary N) is 1. The monoisotopic (exact) mass is 204 g/mol. The molecule has 4 heteroatoms. The number of nitrogens with zero attached hydrogens (tertiary/aromatic N) is 1. The molecule has 2 aliphatic rings. The van der Waals surface area contributed by atoms with Gasteiger partial charge < -0.3 is 15.3 Å². The molecule has 1 fully saturated rings. The fraction of sp³-hybridized carbons (Fsp3) is 0.364. The first-order valence-electron chi connectivity index (χ1n) is 5.12. The fourth-order valence-corrected chi connectivity index (χ4v) is 2.40. The van der Waals surface area contributed by atoms with E-state index in [-0.39, 0.29) is 17.7 Å².